The lowest BCUT2D eigenvalue weighted by Gasteiger charge is -2.21. The molecule has 1 N–H and O–H groups in total. The fourth-order valence-electron chi connectivity index (χ4n) is 4.10. The Morgan fingerprint density at radius 2 is 1.64 bits per heavy atom. The maximum absolute atomic E-state index is 13.6. The minimum Gasteiger partial charge on any atom is -0.497 e. The summed E-state index contributed by atoms with van der Waals surface area (Å²) in [6, 6.07) is 21.6. The number of ketones is 1. The first kappa shape index (κ1) is 24.6. The molecule has 0 bridgehead atoms. The summed E-state index contributed by atoms with van der Waals surface area (Å²) in [6.07, 6.45) is 0. The number of aromatic nitrogens is 1. The Balaban J connectivity index is 1.85. The van der Waals surface area contributed by atoms with Crippen molar-refractivity contribution in [1.82, 2.24) is 4.57 Å². The van der Waals surface area contributed by atoms with Gasteiger partial charge in [-0.3, -0.25) is 4.79 Å². The van der Waals surface area contributed by atoms with Gasteiger partial charge >= 0.3 is 5.97 Å². The van der Waals surface area contributed by atoms with E-state index in [1.54, 1.807) is 61.7 Å². The number of hydrogen-bond donors (Lipinski definition) is 1. The predicted octanol–water partition coefficient (Wildman–Crippen LogP) is 5.35. The molecular formula is C29H26N2O5. The molecule has 0 aliphatic heterocycles. The molecule has 0 saturated heterocycles. The van der Waals surface area contributed by atoms with E-state index in [2.05, 4.69) is 6.07 Å². The van der Waals surface area contributed by atoms with Crippen LogP contribution in [-0.2, 0) is 11.3 Å². The lowest BCUT2D eigenvalue weighted by Crippen LogP contribution is -2.37. The average molecular weight is 483 g/mol. The van der Waals surface area contributed by atoms with Gasteiger partial charge in [0.15, 0.2) is 11.4 Å². The van der Waals surface area contributed by atoms with E-state index in [1.807, 2.05) is 23.6 Å². The van der Waals surface area contributed by atoms with Gasteiger partial charge in [-0.15, -0.1) is 0 Å². The molecule has 0 saturated carbocycles. The van der Waals surface area contributed by atoms with Gasteiger partial charge in [0.1, 0.15) is 11.5 Å². The van der Waals surface area contributed by atoms with E-state index in [1.165, 1.54) is 13.8 Å². The number of nitrogens with zero attached hydrogens (tertiary/aromatic N) is 2. The lowest BCUT2D eigenvalue weighted by atomic mass is 10.0. The molecule has 36 heavy (non-hydrogen) atoms. The van der Waals surface area contributed by atoms with Crippen LogP contribution >= 0.6 is 0 Å². The highest BCUT2D eigenvalue weighted by Crippen LogP contribution is 2.33. The Bertz CT molecular complexity index is 1490. The van der Waals surface area contributed by atoms with Gasteiger partial charge in [0.25, 0.3) is 0 Å². The summed E-state index contributed by atoms with van der Waals surface area (Å²) in [7, 11) is 1.57. The molecule has 0 unspecified atom stereocenters. The van der Waals surface area contributed by atoms with Crippen molar-refractivity contribution in [3.63, 3.8) is 0 Å². The summed E-state index contributed by atoms with van der Waals surface area (Å²) in [5, 5.41) is 19.3. The van der Waals surface area contributed by atoms with Crippen molar-refractivity contribution in [2.45, 2.75) is 32.9 Å². The second kappa shape index (κ2) is 9.59. The number of fused-ring (bicyclic) bond motifs is 1. The molecule has 0 amide bonds. The number of carbonyl (C=O) groups excluding carboxylic acids is 1. The summed E-state index contributed by atoms with van der Waals surface area (Å²) in [5.74, 6) is -0.161. The molecule has 0 atom stereocenters. The van der Waals surface area contributed by atoms with Crippen molar-refractivity contribution in [3.05, 3.63) is 94.7 Å². The van der Waals surface area contributed by atoms with Crippen molar-refractivity contribution >= 4 is 22.7 Å². The third kappa shape index (κ3) is 4.66. The highest BCUT2D eigenvalue weighted by Gasteiger charge is 2.30. The van der Waals surface area contributed by atoms with Crippen molar-refractivity contribution in [2.75, 3.05) is 7.11 Å². The van der Waals surface area contributed by atoms with Crippen LogP contribution in [-0.4, -0.2) is 34.1 Å². The van der Waals surface area contributed by atoms with Crippen LogP contribution in [0, 0.1) is 18.3 Å². The number of carboxylic acids is 1. The standard InChI is InChI=1S/C29H26N2O5/c1-18-26(27(32)21-9-11-22(35-4)12-10-21)24-14-13-23(36-29(2,3)28(33)34)15-25(24)31(18)17-20-7-5-19(16-30)6-8-20/h5-15H,17H2,1-4H3,(H,33,34). The number of methoxy groups -OCH3 is 1. The van der Waals surface area contributed by atoms with Crippen molar-refractivity contribution in [1.29, 1.82) is 5.26 Å². The number of rotatable bonds is 8. The van der Waals surface area contributed by atoms with Crippen LogP contribution in [0.4, 0.5) is 0 Å². The average Bonchev–Trinajstić information content (AvgIpc) is 3.14. The maximum atomic E-state index is 13.6. The van der Waals surface area contributed by atoms with Gasteiger partial charge in [-0.1, -0.05) is 12.1 Å². The number of carbonyl (C=O) groups is 2. The van der Waals surface area contributed by atoms with Gasteiger partial charge in [0, 0.05) is 29.3 Å². The van der Waals surface area contributed by atoms with Crippen molar-refractivity contribution < 1.29 is 24.2 Å². The Labute approximate surface area is 209 Å². The summed E-state index contributed by atoms with van der Waals surface area (Å²) in [5.41, 5.74) is 2.70. The van der Waals surface area contributed by atoms with Gasteiger partial charge in [0.2, 0.25) is 0 Å². The summed E-state index contributed by atoms with van der Waals surface area (Å²) < 4.78 is 13.0. The van der Waals surface area contributed by atoms with Crippen LogP contribution in [0.1, 0.15) is 46.6 Å². The van der Waals surface area contributed by atoms with Crippen molar-refractivity contribution in [2.24, 2.45) is 0 Å². The number of benzene rings is 3. The zero-order valence-corrected chi connectivity index (χ0v) is 20.5. The molecule has 0 aliphatic rings. The number of carboxylic acid groups (broad SMARTS) is 1. The molecule has 0 aliphatic carbocycles. The minimum atomic E-state index is -1.42. The van der Waals surface area contributed by atoms with E-state index in [0.29, 0.717) is 34.7 Å². The van der Waals surface area contributed by atoms with Crippen molar-refractivity contribution in [3.8, 4) is 17.6 Å². The van der Waals surface area contributed by atoms with Crippen LogP contribution in [0.3, 0.4) is 0 Å². The monoisotopic (exact) mass is 482 g/mol. The van der Waals surface area contributed by atoms with Crippen LogP contribution in [0.5, 0.6) is 11.5 Å². The summed E-state index contributed by atoms with van der Waals surface area (Å²) in [4.78, 5) is 25.2. The lowest BCUT2D eigenvalue weighted by molar-refractivity contribution is -0.152. The first-order chi connectivity index (χ1) is 17.1. The van der Waals surface area contributed by atoms with E-state index >= 15 is 0 Å². The number of aliphatic carboxylic acids is 1. The largest absolute Gasteiger partial charge is 0.497 e. The molecule has 3 aromatic carbocycles. The fraction of sp³-hybridized carbons (Fsp3) is 0.207. The van der Waals surface area contributed by atoms with Crippen LogP contribution in [0.2, 0.25) is 0 Å². The second-order valence-corrected chi connectivity index (χ2v) is 9.01. The van der Waals surface area contributed by atoms with E-state index in [9.17, 15) is 14.7 Å². The SMILES string of the molecule is COc1ccc(C(=O)c2c(C)n(Cc3ccc(C#N)cc3)c3cc(OC(C)(C)C(=O)O)ccc23)cc1. The number of nitriles is 1. The van der Waals surface area contributed by atoms with Crippen LogP contribution in [0.25, 0.3) is 10.9 Å². The number of hydrogen-bond acceptors (Lipinski definition) is 5. The van der Waals surface area contributed by atoms with E-state index in [-0.39, 0.29) is 5.78 Å². The van der Waals surface area contributed by atoms with Gasteiger partial charge < -0.3 is 19.1 Å². The molecule has 7 heteroatoms. The van der Waals surface area contributed by atoms with Crippen LogP contribution < -0.4 is 9.47 Å². The third-order valence-corrected chi connectivity index (χ3v) is 6.19. The quantitative estimate of drug-likeness (QED) is 0.340. The molecule has 0 radical (unpaired) electrons. The van der Waals surface area contributed by atoms with Crippen LogP contribution in [0.15, 0.2) is 66.7 Å². The van der Waals surface area contributed by atoms with E-state index < -0.39 is 11.6 Å². The molecule has 0 fully saturated rings. The molecule has 182 valence electrons. The fourth-order valence-corrected chi connectivity index (χ4v) is 4.10. The zero-order chi connectivity index (χ0) is 26.0. The number of ether oxygens (including phenoxy) is 2. The smallest absolute Gasteiger partial charge is 0.347 e. The first-order valence-electron chi connectivity index (χ1n) is 11.4. The molecule has 0 spiro atoms. The Kier molecular flexibility index (Phi) is 6.54. The maximum Gasteiger partial charge on any atom is 0.347 e. The van der Waals surface area contributed by atoms with E-state index in [4.69, 9.17) is 14.7 Å². The Hall–Kier alpha value is -4.57. The minimum absolute atomic E-state index is 0.127. The third-order valence-electron chi connectivity index (χ3n) is 6.19. The van der Waals surface area contributed by atoms with Gasteiger partial charge in [-0.2, -0.15) is 5.26 Å². The Morgan fingerprint density at radius 3 is 2.22 bits per heavy atom. The highest BCUT2D eigenvalue weighted by atomic mass is 16.5. The highest BCUT2D eigenvalue weighted by molar-refractivity contribution is 6.17. The molecule has 4 rings (SSSR count). The predicted molar refractivity (Wildman–Crippen MR) is 136 cm³/mol. The molecule has 1 heterocycles. The first-order valence-corrected chi connectivity index (χ1v) is 11.4. The zero-order valence-electron chi connectivity index (χ0n) is 20.5. The van der Waals surface area contributed by atoms with Gasteiger partial charge in [-0.25, -0.2) is 4.79 Å². The van der Waals surface area contributed by atoms with E-state index in [0.717, 1.165) is 22.2 Å². The summed E-state index contributed by atoms with van der Waals surface area (Å²) in [6.45, 7) is 5.32. The summed E-state index contributed by atoms with van der Waals surface area (Å²) >= 11 is 0. The second-order valence-electron chi connectivity index (χ2n) is 9.01. The molecule has 1 aromatic heterocycles. The van der Waals surface area contributed by atoms with Gasteiger partial charge in [0.05, 0.1) is 29.8 Å². The molecule has 4 aromatic rings. The molecular weight excluding hydrogens is 456 g/mol. The normalized spacial score (nSPS) is 11.2. The van der Waals surface area contributed by atoms with Gasteiger partial charge in [-0.05, 0) is 74.9 Å². The topological polar surface area (TPSA) is 102 Å². The Morgan fingerprint density at radius 1 is 1.00 bits per heavy atom. The molecule has 7 nitrogen and oxygen atoms in total.